The second-order valence-electron chi connectivity index (χ2n) is 13.8. The number of carbonyl (C=O) groups is 2. The predicted octanol–water partition coefficient (Wildman–Crippen LogP) is 6.75. The largest absolute Gasteiger partial charge is 0.442 e. The summed E-state index contributed by atoms with van der Waals surface area (Å²) < 4.78 is 37.9. The molecule has 3 aromatic rings. The minimum absolute atomic E-state index is 0.0817. The number of aryl methyl sites for hydroxylation is 2. The van der Waals surface area contributed by atoms with Gasteiger partial charge in [0.25, 0.3) is 5.91 Å². The van der Waals surface area contributed by atoms with Gasteiger partial charge in [-0.2, -0.15) is 5.26 Å². The number of hydrogen-bond donors (Lipinski definition) is 1. The number of piperidine rings is 1. The molecule has 1 N–H and O–H groups in total. The Labute approximate surface area is 289 Å². The minimum Gasteiger partial charge on any atom is -0.442 e. The SMILES string of the molecule is Cc1cc(C)c(C(=O)N2CCN(c3cccc(F)c3[S@@](C)(=O)=NC(=O)OC(C)(C)C)CC2)cc1NC1CCN(c2ccccc2C#N)CC1. The van der Waals surface area contributed by atoms with Crippen LogP contribution < -0.4 is 15.1 Å². The Morgan fingerprint density at radius 1 is 0.939 bits per heavy atom. The van der Waals surface area contributed by atoms with Gasteiger partial charge in [-0.25, -0.2) is 13.4 Å². The van der Waals surface area contributed by atoms with Crippen molar-refractivity contribution in [2.75, 3.05) is 60.6 Å². The molecule has 12 heteroatoms. The van der Waals surface area contributed by atoms with E-state index in [2.05, 4.69) is 20.6 Å². The number of halogens is 1. The van der Waals surface area contributed by atoms with Crippen molar-refractivity contribution < 1.29 is 22.9 Å². The summed E-state index contributed by atoms with van der Waals surface area (Å²) >= 11 is 0. The highest BCUT2D eigenvalue weighted by Crippen LogP contribution is 2.32. The molecule has 10 nitrogen and oxygen atoms in total. The fourth-order valence-electron chi connectivity index (χ4n) is 6.48. The highest BCUT2D eigenvalue weighted by molar-refractivity contribution is 7.93. The van der Waals surface area contributed by atoms with Gasteiger partial charge in [0, 0.05) is 62.8 Å². The van der Waals surface area contributed by atoms with Crippen LogP contribution in [0.2, 0.25) is 0 Å². The molecule has 0 bridgehead atoms. The van der Waals surface area contributed by atoms with Crippen molar-refractivity contribution >= 4 is 38.8 Å². The van der Waals surface area contributed by atoms with E-state index >= 15 is 4.39 Å². The minimum atomic E-state index is -3.48. The number of nitriles is 1. The summed E-state index contributed by atoms with van der Waals surface area (Å²) in [7, 11) is -3.48. The van der Waals surface area contributed by atoms with E-state index in [-0.39, 0.29) is 16.8 Å². The number of amides is 2. The number of benzene rings is 3. The van der Waals surface area contributed by atoms with Crippen molar-refractivity contribution in [1.82, 2.24) is 4.90 Å². The third kappa shape index (κ3) is 8.33. The number of hydrogen-bond acceptors (Lipinski definition) is 8. The van der Waals surface area contributed by atoms with Gasteiger partial charge in [-0.05, 0) is 88.9 Å². The molecule has 0 aliphatic carbocycles. The second kappa shape index (κ2) is 14.5. The number of carbonyl (C=O) groups excluding carboxylic acids is 2. The first-order chi connectivity index (χ1) is 23.2. The maximum absolute atomic E-state index is 15.2. The van der Waals surface area contributed by atoms with E-state index in [4.69, 9.17) is 4.74 Å². The summed E-state index contributed by atoms with van der Waals surface area (Å²) in [6, 6.07) is 18.6. The third-order valence-electron chi connectivity index (χ3n) is 8.90. The summed E-state index contributed by atoms with van der Waals surface area (Å²) in [4.78, 5) is 32.1. The van der Waals surface area contributed by atoms with Crippen molar-refractivity contribution in [1.29, 1.82) is 5.26 Å². The lowest BCUT2D eigenvalue weighted by atomic mass is 9.99. The van der Waals surface area contributed by atoms with Gasteiger partial charge in [-0.1, -0.05) is 24.3 Å². The van der Waals surface area contributed by atoms with Crippen LogP contribution in [0.4, 0.5) is 26.2 Å². The molecule has 2 fully saturated rings. The molecule has 0 unspecified atom stereocenters. The summed E-state index contributed by atoms with van der Waals surface area (Å²) in [5.74, 6) is -0.800. The molecular weight excluding hydrogens is 644 g/mol. The molecule has 3 aromatic carbocycles. The number of para-hydroxylation sites is 1. The average molecular weight is 689 g/mol. The maximum Gasteiger partial charge on any atom is 0.442 e. The van der Waals surface area contributed by atoms with Gasteiger partial charge in [-0.15, -0.1) is 4.36 Å². The molecule has 2 amide bonds. The van der Waals surface area contributed by atoms with E-state index in [0.29, 0.717) is 43.0 Å². The van der Waals surface area contributed by atoms with Crippen molar-refractivity contribution in [2.45, 2.75) is 64.0 Å². The Kier molecular flexibility index (Phi) is 10.5. The van der Waals surface area contributed by atoms with Gasteiger partial charge in [0.1, 0.15) is 22.4 Å². The standard InChI is InChI=1S/C37H45FN6O4S/c1-25-22-26(2)31(40-28-14-16-42(17-15-28)32-12-8-7-10-27(32)24-39)23-29(25)35(45)44-20-18-43(19-21-44)33-13-9-11-30(38)34(33)49(6,47)41-36(46)48-37(3,4)5/h7-13,22-23,28,40H,14-21H2,1-6H3/t49-/m1/s1. The molecule has 49 heavy (non-hydrogen) atoms. The topological polar surface area (TPSA) is 118 Å². The quantitative estimate of drug-likeness (QED) is 0.302. The molecule has 0 saturated carbocycles. The molecule has 5 rings (SSSR count). The normalized spacial score (nSPS) is 16.8. The summed E-state index contributed by atoms with van der Waals surface area (Å²) in [6.07, 6.45) is 2.02. The average Bonchev–Trinajstić information content (AvgIpc) is 3.04. The fraction of sp³-hybridized carbons (Fsp3) is 0.432. The van der Waals surface area contributed by atoms with Crippen LogP contribution in [0.15, 0.2) is 63.9 Å². The van der Waals surface area contributed by atoms with Gasteiger partial charge in [-0.3, -0.25) is 4.79 Å². The molecule has 0 spiro atoms. The molecule has 2 aliphatic rings. The smallest absolute Gasteiger partial charge is 0.442 e. The fourth-order valence-corrected chi connectivity index (χ4v) is 7.91. The van der Waals surface area contributed by atoms with E-state index in [1.165, 1.54) is 18.4 Å². The van der Waals surface area contributed by atoms with Crippen molar-refractivity contribution in [3.63, 3.8) is 0 Å². The summed E-state index contributed by atoms with van der Waals surface area (Å²) in [5, 5.41) is 13.2. The van der Waals surface area contributed by atoms with Gasteiger partial charge >= 0.3 is 6.09 Å². The van der Waals surface area contributed by atoms with E-state index in [9.17, 15) is 19.1 Å². The Hall–Kier alpha value is -4.63. The van der Waals surface area contributed by atoms with Crippen LogP contribution in [0, 0.1) is 31.0 Å². The van der Waals surface area contributed by atoms with Crippen molar-refractivity contribution in [2.24, 2.45) is 4.36 Å². The maximum atomic E-state index is 15.2. The molecular formula is C37H45FN6O4S. The monoisotopic (exact) mass is 688 g/mol. The molecule has 2 aliphatic heterocycles. The third-order valence-corrected chi connectivity index (χ3v) is 10.6. The Morgan fingerprint density at radius 2 is 1.57 bits per heavy atom. The number of piperazine rings is 1. The molecule has 1 atom stereocenters. The summed E-state index contributed by atoms with van der Waals surface area (Å²) in [5.41, 5.74) is 4.70. The summed E-state index contributed by atoms with van der Waals surface area (Å²) in [6.45, 7) is 12.2. The zero-order valence-electron chi connectivity index (χ0n) is 29.1. The van der Waals surface area contributed by atoms with Crippen LogP contribution in [-0.4, -0.2) is 78.3 Å². The Bertz CT molecular complexity index is 1890. The second-order valence-corrected chi connectivity index (χ2v) is 16.0. The lowest BCUT2D eigenvalue weighted by Crippen LogP contribution is -2.49. The van der Waals surface area contributed by atoms with E-state index in [1.807, 2.05) is 55.1 Å². The van der Waals surface area contributed by atoms with Gasteiger partial charge in [0.15, 0.2) is 0 Å². The highest BCUT2D eigenvalue weighted by Gasteiger charge is 2.29. The van der Waals surface area contributed by atoms with E-state index < -0.39 is 27.2 Å². The van der Waals surface area contributed by atoms with Crippen molar-refractivity contribution in [3.05, 3.63) is 82.7 Å². The van der Waals surface area contributed by atoms with Crippen LogP contribution in [0.1, 0.15) is 60.7 Å². The number of nitrogens with zero attached hydrogens (tertiary/aromatic N) is 5. The number of ether oxygens (including phenoxy) is 1. The van der Waals surface area contributed by atoms with Crippen molar-refractivity contribution in [3.8, 4) is 6.07 Å². The number of rotatable bonds is 6. The van der Waals surface area contributed by atoms with Crippen LogP contribution in [0.5, 0.6) is 0 Å². The lowest BCUT2D eigenvalue weighted by molar-refractivity contribution is 0.0607. The Balaban J connectivity index is 1.26. The first-order valence-electron chi connectivity index (χ1n) is 16.6. The van der Waals surface area contributed by atoms with E-state index in [0.717, 1.165) is 48.4 Å². The highest BCUT2D eigenvalue weighted by atomic mass is 32.2. The lowest BCUT2D eigenvalue weighted by Gasteiger charge is -2.37. The van der Waals surface area contributed by atoms with Gasteiger partial charge < -0.3 is 24.8 Å². The van der Waals surface area contributed by atoms with Crippen LogP contribution in [-0.2, 0) is 14.5 Å². The first-order valence-corrected chi connectivity index (χ1v) is 18.5. The first kappa shape index (κ1) is 35.7. The molecule has 260 valence electrons. The predicted molar refractivity (Wildman–Crippen MR) is 191 cm³/mol. The zero-order valence-corrected chi connectivity index (χ0v) is 29.9. The zero-order chi connectivity index (χ0) is 35.5. The van der Waals surface area contributed by atoms with Crippen LogP contribution >= 0.6 is 0 Å². The van der Waals surface area contributed by atoms with Crippen LogP contribution in [0.25, 0.3) is 0 Å². The molecule has 2 saturated heterocycles. The number of nitrogens with one attached hydrogen (secondary N) is 1. The molecule has 0 radical (unpaired) electrons. The molecule has 2 heterocycles. The van der Waals surface area contributed by atoms with E-state index in [1.54, 1.807) is 31.7 Å². The Morgan fingerprint density at radius 3 is 2.22 bits per heavy atom. The van der Waals surface area contributed by atoms with Gasteiger partial charge in [0.2, 0.25) is 0 Å². The van der Waals surface area contributed by atoms with Crippen LogP contribution in [0.3, 0.4) is 0 Å². The molecule has 0 aromatic heterocycles. The number of anilines is 3. The van der Waals surface area contributed by atoms with Gasteiger partial charge in [0.05, 0.1) is 26.7 Å².